The summed E-state index contributed by atoms with van der Waals surface area (Å²) in [6, 6.07) is -2.85. The predicted molar refractivity (Wildman–Crippen MR) is 476 cm³/mol. The molecular formula is C88H129N21O22. The van der Waals surface area contributed by atoms with Crippen molar-refractivity contribution in [2.24, 2.45) is 35.0 Å². The van der Waals surface area contributed by atoms with Crippen molar-refractivity contribution in [2.45, 2.75) is 261 Å². The molecule has 43 nitrogen and oxygen atoms in total. The van der Waals surface area contributed by atoms with Gasteiger partial charge in [-0.25, -0.2) is 4.79 Å². The fraction of sp³-hybridized carbons (Fsp3) is 0.568. The van der Waals surface area contributed by atoms with E-state index in [9.17, 15) is 107 Å². The van der Waals surface area contributed by atoms with Gasteiger partial charge in [0.1, 0.15) is 96.1 Å². The molecule has 0 saturated carbocycles. The number of carboxylic acid groups (broad SMARTS) is 2. The second-order valence-corrected chi connectivity index (χ2v) is 33.9. The number of carbonyl (C=O) groups is 17. The minimum absolute atomic E-state index is 0.00900. The zero-order valence-electron chi connectivity index (χ0n) is 74.9. The van der Waals surface area contributed by atoms with Gasteiger partial charge in [-0.2, -0.15) is 0 Å². The molecule has 3 aliphatic heterocycles. The Morgan fingerprint density at radius 2 is 0.954 bits per heavy atom. The third-order valence-electron chi connectivity index (χ3n) is 23.7. The van der Waals surface area contributed by atoms with Gasteiger partial charge in [0.15, 0.2) is 5.96 Å². The number of phenolic OH excluding ortho intramolecular Hbond substituents is 2. The summed E-state index contributed by atoms with van der Waals surface area (Å²) in [5, 5.41) is 96.1. The van der Waals surface area contributed by atoms with Crippen molar-refractivity contribution in [3.8, 4) is 11.5 Å². The number of aromatic hydroxyl groups is 2. The van der Waals surface area contributed by atoms with E-state index >= 15 is 0 Å². The van der Waals surface area contributed by atoms with E-state index in [0.717, 1.165) is 15.8 Å². The Bertz CT molecular complexity index is 4660. The van der Waals surface area contributed by atoms with Gasteiger partial charge in [-0.3, -0.25) is 82.1 Å². The van der Waals surface area contributed by atoms with Crippen molar-refractivity contribution in [3.63, 3.8) is 0 Å². The number of nitrogens with two attached hydrogens (primary N) is 3. The second-order valence-electron chi connectivity index (χ2n) is 33.9. The van der Waals surface area contributed by atoms with Gasteiger partial charge in [-0.05, 0) is 162 Å². The van der Waals surface area contributed by atoms with Crippen LogP contribution in [0.4, 0.5) is 0 Å². The van der Waals surface area contributed by atoms with Gasteiger partial charge in [0.25, 0.3) is 0 Å². The standard InChI is InChI=1S/C88H129N21O22/c1-8-47(5)71(106-73(116)49(7)96-75(118)59(22-15-37-94-88(91)92)97-76(119)60(33-34-69(114)115)99-79(122)63(101-74(117)57-21-14-36-93-57)42-52-44-95-56-19-11-10-18-55(52)56)84(127)104-65(45-110)85(128)108-38-16-23-66(108)82(125)103-64(43-68(90)113)80(123)98-58(20-12-13-35-89)77(120)105-70(46(3)4)86(129)109-39-17-24-67(109)83(126)102-61(40-50-25-29-53(111)30-26-50)78(121)100-62(41-51-27-31-54(112)32-28-51)81(124)107-72(87(130)131)48(6)9-2/h10-11,18-19,25-32,44,46-49,57-67,70-72,93,95,110-112H,8-9,12-17,20-24,33-43,45,89H2,1-7H3,(H2,90,113)(H,96,118)(H,97,119)(H,98,123)(H,99,122)(H,100,121)(H,101,117)(H,102,126)(H,103,125)(H,104,127)(H,105,120)(H,106,116)(H,107,124)(H,114,115)(H,130,131)(H4,91,92,94)/t47-,48-,49-,57-,58-,59-,60-,61-,62-,63-,64-,65-,66-,67-,70-,71-,72-/m0/s1. The molecule has 0 bridgehead atoms. The Morgan fingerprint density at radius 1 is 0.489 bits per heavy atom. The number of hydrogen-bond donors (Lipinski definition) is 24. The molecule has 43 heteroatoms. The van der Waals surface area contributed by atoms with Gasteiger partial charge in [0.2, 0.25) is 88.6 Å². The van der Waals surface area contributed by atoms with Crippen LogP contribution in [0.25, 0.3) is 10.9 Å². The number of para-hydroxylation sites is 1. The number of aromatic nitrogens is 1. The average Bonchev–Trinajstić information content (AvgIpc) is 1.70. The molecule has 1 aromatic heterocycles. The van der Waals surface area contributed by atoms with Gasteiger partial charge >= 0.3 is 11.9 Å². The van der Waals surface area contributed by atoms with Crippen LogP contribution in [0.2, 0.25) is 0 Å². The maximum atomic E-state index is 14.9. The summed E-state index contributed by atoms with van der Waals surface area (Å²) in [5.41, 5.74) is 19.3. The number of aliphatic hydroxyl groups excluding tert-OH is 1. The molecule has 4 heterocycles. The molecule has 4 aromatic rings. The topological polar surface area (TPSA) is 684 Å². The number of H-pyrrole nitrogens is 1. The first-order chi connectivity index (χ1) is 62.2. The van der Waals surface area contributed by atoms with E-state index in [4.69, 9.17) is 22.6 Å². The number of rotatable bonds is 52. The Morgan fingerprint density at radius 3 is 1.48 bits per heavy atom. The van der Waals surface area contributed by atoms with Crippen molar-refractivity contribution >= 4 is 117 Å². The van der Waals surface area contributed by atoms with E-state index in [1.165, 1.54) is 60.4 Å². The predicted octanol–water partition coefficient (Wildman–Crippen LogP) is -2.86. The third-order valence-corrected chi connectivity index (χ3v) is 23.7. The highest BCUT2D eigenvalue weighted by Crippen LogP contribution is 2.26. The number of carboxylic acids is 2. The van der Waals surface area contributed by atoms with E-state index in [1.807, 2.05) is 18.2 Å². The average molecular weight is 1830 g/mol. The van der Waals surface area contributed by atoms with Gasteiger partial charge < -0.3 is 132 Å². The number of hydrogen-bond acceptors (Lipinski definition) is 23. The highest BCUT2D eigenvalue weighted by atomic mass is 16.4. The van der Waals surface area contributed by atoms with Crippen LogP contribution >= 0.6 is 0 Å². The van der Waals surface area contributed by atoms with Crippen molar-refractivity contribution in [2.75, 3.05) is 39.3 Å². The summed E-state index contributed by atoms with van der Waals surface area (Å²) < 4.78 is 0. The molecule has 27 N–H and O–H groups in total. The number of nitrogens with one attached hydrogen (secondary N) is 16. The van der Waals surface area contributed by atoms with Crippen LogP contribution < -0.4 is 91.6 Å². The Hall–Kier alpha value is -13.1. The quantitative estimate of drug-likeness (QED) is 0.0120. The number of carbonyl (C=O) groups excluding carboxylic acids is 15. The molecule has 3 saturated heterocycles. The monoisotopic (exact) mass is 1830 g/mol. The lowest BCUT2D eigenvalue weighted by Crippen LogP contribution is -2.62. The number of unbranched alkanes of at least 4 members (excludes halogenated alkanes) is 1. The largest absolute Gasteiger partial charge is 0.508 e. The molecule has 3 aliphatic rings. The molecule has 0 spiro atoms. The van der Waals surface area contributed by atoms with Crippen molar-refractivity contribution in [1.82, 2.24) is 89.2 Å². The smallest absolute Gasteiger partial charge is 0.326 e. The number of aliphatic carboxylic acids is 2. The normalized spacial score (nSPS) is 18.0. The number of guanidine groups is 1. The van der Waals surface area contributed by atoms with E-state index in [-0.39, 0.29) is 115 Å². The fourth-order valence-corrected chi connectivity index (χ4v) is 15.7. The van der Waals surface area contributed by atoms with Crippen LogP contribution in [0.5, 0.6) is 11.5 Å². The lowest BCUT2D eigenvalue weighted by atomic mass is 9.97. The summed E-state index contributed by atoms with van der Waals surface area (Å²) >= 11 is 0. The summed E-state index contributed by atoms with van der Waals surface area (Å²) in [5.74, 6) is -19.0. The first-order valence-corrected chi connectivity index (χ1v) is 44.5. The van der Waals surface area contributed by atoms with Crippen molar-refractivity contribution in [3.05, 3.63) is 95.7 Å². The van der Waals surface area contributed by atoms with Gasteiger partial charge in [0.05, 0.1) is 19.1 Å². The van der Waals surface area contributed by atoms with Crippen molar-refractivity contribution in [1.29, 1.82) is 5.41 Å². The van der Waals surface area contributed by atoms with Crippen LogP contribution in [0.15, 0.2) is 79.0 Å². The van der Waals surface area contributed by atoms with Gasteiger partial charge in [-0.1, -0.05) is 96.8 Å². The first kappa shape index (κ1) is 105. The number of nitrogens with zero attached hydrogens (tertiary/aromatic N) is 2. The number of aliphatic hydroxyl groups is 1. The maximum Gasteiger partial charge on any atom is 0.326 e. The number of primary amides is 1. The van der Waals surface area contributed by atoms with E-state index in [0.29, 0.717) is 48.9 Å². The Kier molecular flexibility index (Phi) is 41.2. The second kappa shape index (κ2) is 51.4. The number of likely N-dealkylation sites (tertiary alicyclic amines) is 2. The van der Waals surface area contributed by atoms with Crippen LogP contribution in [0, 0.1) is 23.2 Å². The molecule has 0 aliphatic carbocycles. The molecule has 718 valence electrons. The van der Waals surface area contributed by atoms with Crippen LogP contribution in [-0.2, 0) is 101 Å². The Balaban J connectivity index is 1.01. The number of phenols is 2. The van der Waals surface area contributed by atoms with Crippen LogP contribution in [0.3, 0.4) is 0 Å². The highest BCUT2D eigenvalue weighted by molar-refractivity contribution is 6.02. The zero-order chi connectivity index (χ0) is 96.5. The zero-order valence-corrected chi connectivity index (χ0v) is 74.9. The highest BCUT2D eigenvalue weighted by Gasteiger charge is 2.45. The number of benzene rings is 3. The fourth-order valence-electron chi connectivity index (χ4n) is 15.7. The number of amides is 15. The summed E-state index contributed by atoms with van der Waals surface area (Å²) in [6.45, 7) is 10.6. The SMILES string of the molecule is CC[C@H](C)[C@H](NC(=O)[C@H](Cc1ccc(O)cc1)NC(=O)[C@H](Cc1ccc(O)cc1)NC(=O)[C@@H]1CCCN1C(=O)[C@@H](NC(=O)[C@H](CCCCN)NC(=O)[C@H](CC(N)=O)NC(=O)[C@@H]1CCCN1C(=O)[C@H](CO)NC(=O)[C@@H](NC(=O)[C@H](C)NC(=O)[C@H](CCCNC(=N)N)NC(=O)[C@H](CCC(=O)O)NC(=O)[C@H](Cc1c[nH]c2ccccc12)NC(=O)[C@@H]1CCCN1)[C@@H](C)CC)C(C)C)C(=O)O. The van der Waals surface area contributed by atoms with Gasteiger partial charge in [-0.15, -0.1) is 0 Å². The van der Waals surface area contributed by atoms with E-state index < -0.39 is 241 Å². The molecule has 0 radical (unpaired) electrons. The lowest BCUT2D eigenvalue weighted by molar-refractivity contribution is -0.144. The van der Waals surface area contributed by atoms with E-state index in [1.54, 1.807) is 53.8 Å². The van der Waals surface area contributed by atoms with Crippen molar-refractivity contribution < 1.29 is 107 Å². The molecule has 15 amide bonds. The maximum absolute atomic E-state index is 14.9. The molecular weight excluding hydrogens is 1700 g/mol. The minimum Gasteiger partial charge on any atom is -0.508 e. The molecule has 131 heavy (non-hydrogen) atoms. The molecule has 0 unspecified atom stereocenters. The molecule has 3 aromatic carbocycles. The molecule has 17 atom stereocenters. The van der Waals surface area contributed by atoms with Crippen LogP contribution in [-0.4, -0.2) is 277 Å². The number of aromatic amines is 1. The summed E-state index contributed by atoms with van der Waals surface area (Å²) in [4.78, 5) is 245. The van der Waals surface area contributed by atoms with E-state index in [2.05, 4.69) is 79.4 Å². The number of fused-ring (bicyclic) bond motifs is 1. The molecule has 7 rings (SSSR count). The third kappa shape index (κ3) is 31.6. The lowest BCUT2D eigenvalue weighted by Gasteiger charge is -2.32. The Labute approximate surface area is 758 Å². The minimum atomic E-state index is -1.82. The molecule has 3 fully saturated rings. The van der Waals surface area contributed by atoms with Crippen LogP contribution in [0.1, 0.15) is 168 Å². The summed E-state index contributed by atoms with van der Waals surface area (Å²) in [6.07, 6.45) is 1.72. The first-order valence-electron chi connectivity index (χ1n) is 44.5. The van der Waals surface area contributed by atoms with Gasteiger partial charge in [0, 0.05) is 62.4 Å². The summed E-state index contributed by atoms with van der Waals surface area (Å²) in [7, 11) is 0.